The summed E-state index contributed by atoms with van der Waals surface area (Å²) in [5, 5.41) is 0. The number of imidazole rings is 1. The van der Waals surface area contributed by atoms with E-state index in [2.05, 4.69) is 32.1 Å². The number of nitrogens with zero attached hydrogens (tertiary/aromatic N) is 3. The van der Waals surface area contributed by atoms with E-state index in [1.807, 2.05) is 19.1 Å². The molecule has 0 aliphatic heterocycles. The lowest BCUT2D eigenvalue weighted by Crippen LogP contribution is -2.15. The van der Waals surface area contributed by atoms with Gasteiger partial charge in [-0.3, -0.25) is 0 Å². The van der Waals surface area contributed by atoms with Crippen LogP contribution in [0.4, 0.5) is 0 Å². The van der Waals surface area contributed by atoms with Gasteiger partial charge in [-0.25, -0.2) is 15.0 Å². The lowest BCUT2D eigenvalue weighted by Gasteiger charge is -2.14. The number of aromatic nitrogens is 4. The SMILES string of the molecule is Cc1nc2ccc(C(CN)c3ccncn3)cc2[nH]1. The molecule has 5 nitrogen and oxygen atoms in total. The van der Waals surface area contributed by atoms with Gasteiger partial charge >= 0.3 is 0 Å². The van der Waals surface area contributed by atoms with Crippen LogP contribution in [0.25, 0.3) is 11.0 Å². The zero-order valence-corrected chi connectivity index (χ0v) is 10.7. The molecule has 0 saturated carbocycles. The fourth-order valence-corrected chi connectivity index (χ4v) is 2.31. The third kappa shape index (κ3) is 2.20. The van der Waals surface area contributed by atoms with Crippen LogP contribution in [0.1, 0.15) is 23.0 Å². The minimum absolute atomic E-state index is 0.0796. The Kier molecular flexibility index (Phi) is 2.97. The van der Waals surface area contributed by atoms with Gasteiger partial charge in [0.25, 0.3) is 0 Å². The average molecular weight is 253 g/mol. The lowest BCUT2D eigenvalue weighted by atomic mass is 9.95. The molecule has 96 valence electrons. The molecule has 2 heterocycles. The minimum Gasteiger partial charge on any atom is -0.342 e. The molecule has 1 unspecified atom stereocenters. The highest BCUT2D eigenvalue weighted by atomic mass is 14.9. The number of rotatable bonds is 3. The van der Waals surface area contributed by atoms with E-state index in [9.17, 15) is 0 Å². The molecular weight excluding hydrogens is 238 g/mol. The van der Waals surface area contributed by atoms with Crippen LogP contribution in [0.15, 0.2) is 36.8 Å². The summed E-state index contributed by atoms with van der Waals surface area (Å²) in [6.07, 6.45) is 3.29. The topological polar surface area (TPSA) is 80.5 Å². The van der Waals surface area contributed by atoms with Gasteiger partial charge < -0.3 is 10.7 Å². The number of aromatic amines is 1. The van der Waals surface area contributed by atoms with Crippen LogP contribution in [-0.2, 0) is 0 Å². The first-order valence-electron chi connectivity index (χ1n) is 6.20. The van der Waals surface area contributed by atoms with Gasteiger partial charge in [-0.15, -0.1) is 0 Å². The van der Waals surface area contributed by atoms with Crippen molar-refractivity contribution in [3.8, 4) is 0 Å². The maximum absolute atomic E-state index is 5.90. The molecule has 0 bridgehead atoms. The highest BCUT2D eigenvalue weighted by Crippen LogP contribution is 2.24. The maximum atomic E-state index is 5.90. The van der Waals surface area contributed by atoms with Crippen LogP contribution in [0.5, 0.6) is 0 Å². The maximum Gasteiger partial charge on any atom is 0.115 e. The summed E-state index contributed by atoms with van der Waals surface area (Å²) >= 11 is 0. The number of benzene rings is 1. The molecule has 3 rings (SSSR count). The number of aryl methyl sites for hydroxylation is 1. The fourth-order valence-electron chi connectivity index (χ4n) is 2.31. The summed E-state index contributed by atoms with van der Waals surface area (Å²) in [5.41, 5.74) is 9.98. The van der Waals surface area contributed by atoms with E-state index in [4.69, 9.17) is 5.73 Å². The van der Waals surface area contributed by atoms with Gasteiger partial charge in [0.05, 0.1) is 16.7 Å². The Hall–Kier alpha value is -2.27. The van der Waals surface area contributed by atoms with Crippen molar-refractivity contribution in [3.63, 3.8) is 0 Å². The Bertz CT molecular complexity index is 689. The van der Waals surface area contributed by atoms with Crippen molar-refractivity contribution in [2.45, 2.75) is 12.8 Å². The monoisotopic (exact) mass is 253 g/mol. The fraction of sp³-hybridized carbons (Fsp3) is 0.214. The van der Waals surface area contributed by atoms with E-state index < -0.39 is 0 Å². The first kappa shape index (κ1) is 11.8. The molecule has 0 saturated heterocycles. The third-order valence-corrected chi connectivity index (χ3v) is 3.22. The Morgan fingerprint density at radius 1 is 1.32 bits per heavy atom. The highest BCUT2D eigenvalue weighted by molar-refractivity contribution is 5.76. The predicted octanol–water partition coefficient (Wildman–Crippen LogP) is 1.75. The van der Waals surface area contributed by atoms with Crippen LogP contribution >= 0.6 is 0 Å². The molecule has 1 atom stereocenters. The van der Waals surface area contributed by atoms with Crippen molar-refractivity contribution in [1.29, 1.82) is 0 Å². The molecular formula is C14H15N5. The molecule has 0 aliphatic carbocycles. The molecule has 0 radical (unpaired) electrons. The number of nitrogens with two attached hydrogens (primary N) is 1. The zero-order chi connectivity index (χ0) is 13.2. The Morgan fingerprint density at radius 3 is 2.95 bits per heavy atom. The molecule has 3 N–H and O–H groups in total. The van der Waals surface area contributed by atoms with Crippen molar-refractivity contribution < 1.29 is 0 Å². The summed E-state index contributed by atoms with van der Waals surface area (Å²) in [7, 11) is 0. The van der Waals surface area contributed by atoms with Gasteiger partial charge in [-0.05, 0) is 30.7 Å². The minimum atomic E-state index is 0.0796. The first-order valence-corrected chi connectivity index (χ1v) is 6.20. The standard InChI is InChI=1S/C14H15N5/c1-9-18-13-3-2-10(6-14(13)19-9)11(7-15)12-4-5-16-8-17-12/h2-6,8,11H,7,15H2,1H3,(H,18,19). The Morgan fingerprint density at radius 2 is 2.21 bits per heavy atom. The number of hydrogen-bond acceptors (Lipinski definition) is 4. The molecule has 2 aromatic heterocycles. The largest absolute Gasteiger partial charge is 0.342 e. The van der Waals surface area contributed by atoms with E-state index in [1.54, 1.807) is 12.5 Å². The van der Waals surface area contributed by atoms with Crippen LogP contribution in [0.2, 0.25) is 0 Å². The van der Waals surface area contributed by atoms with Gasteiger partial charge in [0, 0.05) is 18.7 Å². The van der Waals surface area contributed by atoms with E-state index >= 15 is 0 Å². The molecule has 0 amide bonds. The summed E-state index contributed by atoms with van der Waals surface area (Å²) < 4.78 is 0. The van der Waals surface area contributed by atoms with Gasteiger partial charge in [-0.2, -0.15) is 0 Å². The van der Waals surface area contributed by atoms with Crippen molar-refractivity contribution in [3.05, 3.63) is 53.9 Å². The number of hydrogen-bond donors (Lipinski definition) is 2. The summed E-state index contributed by atoms with van der Waals surface area (Å²) in [5.74, 6) is 0.995. The first-order chi connectivity index (χ1) is 9.28. The second-order valence-corrected chi connectivity index (χ2v) is 4.52. The van der Waals surface area contributed by atoms with Crippen LogP contribution in [0.3, 0.4) is 0 Å². The van der Waals surface area contributed by atoms with Gasteiger partial charge in [0.1, 0.15) is 12.2 Å². The van der Waals surface area contributed by atoms with Gasteiger partial charge in [-0.1, -0.05) is 6.07 Å². The van der Waals surface area contributed by atoms with Gasteiger partial charge in [0.15, 0.2) is 0 Å². The van der Waals surface area contributed by atoms with Crippen LogP contribution in [-0.4, -0.2) is 26.5 Å². The summed E-state index contributed by atoms with van der Waals surface area (Å²) in [6, 6.07) is 8.06. The van der Waals surface area contributed by atoms with Crippen molar-refractivity contribution in [2.75, 3.05) is 6.54 Å². The van der Waals surface area contributed by atoms with Crippen molar-refractivity contribution in [2.24, 2.45) is 5.73 Å². The molecule has 0 spiro atoms. The summed E-state index contributed by atoms with van der Waals surface area (Å²) in [6.45, 7) is 2.46. The molecule has 0 fully saturated rings. The molecule has 5 heteroatoms. The van der Waals surface area contributed by atoms with E-state index in [1.165, 1.54) is 0 Å². The normalized spacial score (nSPS) is 12.7. The Balaban J connectivity index is 2.06. The van der Waals surface area contributed by atoms with Crippen LogP contribution < -0.4 is 5.73 Å². The smallest absolute Gasteiger partial charge is 0.115 e. The average Bonchev–Trinajstić information content (AvgIpc) is 2.80. The third-order valence-electron chi connectivity index (χ3n) is 3.22. The summed E-state index contributed by atoms with van der Waals surface area (Å²) in [4.78, 5) is 15.9. The second kappa shape index (κ2) is 4.78. The number of nitrogens with one attached hydrogen (secondary N) is 1. The van der Waals surface area contributed by atoms with E-state index in [0.29, 0.717) is 6.54 Å². The van der Waals surface area contributed by atoms with E-state index in [0.717, 1.165) is 28.1 Å². The highest BCUT2D eigenvalue weighted by Gasteiger charge is 2.14. The molecule has 0 aliphatic rings. The van der Waals surface area contributed by atoms with E-state index in [-0.39, 0.29) is 5.92 Å². The lowest BCUT2D eigenvalue weighted by molar-refractivity contribution is 0.782. The second-order valence-electron chi connectivity index (χ2n) is 4.52. The van der Waals surface area contributed by atoms with Crippen molar-refractivity contribution >= 4 is 11.0 Å². The molecule has 3 aromatic rings. The molecule has 1 aromatic carbocycles. The molecule has 19 heavy (non-hydrogen) atoms. The quantitative estimate of drug-likeness (QED) is 0.745. The van der Waals surface area contributed by atoms with Crippen LogP contribution in [0, 0.1) is 6.92 Å². The number of fused-ring (bicyclic) bond motifs is 1. The predicted molar refractivity (Wildman–Crippen MR) is 73.8 cm³/mol. The van der Waals surface area contributed by atoms with Gasteiger partial charge in [0.2, 0.25) is 0 Å². The number of H-pyrrole nitrogens is 1. The zero-order valence-electron chi connectivity index (χ0n) is 10.7. The Labute approximate surface area is 110 Å². The van der Waals surface area contributed by atoms with Crippen molar-refractivity contribution in [1.82, 2.24) is 19.9 Å².